The fraction of sp³-hybridized carbons (Fsp3) is 0.269. The quantitative estimate of drug-likeness (QED) is 0.489. The number of sulfonamides is 1. The first-order chi connectivity index (χ1) is 16.2. The first-order valence-electron chi connectivity index (χ1n) is 10.8. The molecule has 0 aromatic heterocycles. The fourth-order valence-corrected chi connectivity index (χ4v) is 5.26. The summed E-state index contributed by atoms with van der Waals surface area (Å²) in [4.78, 5) is 13.0. The Bertz CT molecular complexity index is 1260. The van der Waals surface area contributed by atoms with Crippen LogP contribution in [0.1, 0.15) is 29.7 Å². The van der Waals surface area contributed by atoms with Gasteiger partial charge in [-0.15, -0.1) is 0 Å². The number of amides is 1. The van der Waals surface area contributed by atoms with Gasteiger partial charge in [-0.3, -0.25) is 9.10 Å². The van der Waals surface area contributed by atoms with Crippen molar-refractivity contribution in [3.8, 4) is 11.5 Å². The summed E-state index contributed by atoms with van der Waals surface area (Å²) in [6, 6.07) is 18.6. The van der Waals surface area contributed by atoms with Gasteiger partial charge in [0.15, 0.2) is 11.5 Å². The maximum Gasteiger partial charge on any atom is 0.264 e. The third-order valence-electron chi connectivity index (χ3n) is 5.54. The van der Waals surface area contributed by atoms with E-state index in [1.807, 2.05) is 32.9 Å². The molecule has 180 valence electrons. The zero-order chi connectivity index (χ0) is 24.9. The van der Waals surface area contributed by atoms with Crippen molar-refractivity contribution in [2.45, 2.75) is 31.7 Å². The highest BCUT2D eigenvalue weighted by Gasteiger charge is 2.28. The van der Waals surface area contributed by atoms with Gasteiger partial charge in [0.2, 0.25) is 5.91 Å². The number of hydrogen-bond acceptors (Lipinski definition) is 5. The summed E-state index contributed by atoms with van der Waals surface area (Å²) in [5.41, 5.74) is 3.56. The summed E-state index contributed by atoms with van der Waals surface area (Å²) < 4.78 is 38.9. The van der Waals surface area contributed by atoms with E-state index in [0.29, 0.717) is 11.4 Å². The first-order valence-corrected chi connectivity index (χ1v) is 12.3. The van der Waals surface area contributed by atoms with Crippen molar-refractivity contribution in [3.63, 3.8) is 0 Å². The molecular formula is C26H30N2O5S. The number of para-hydroxylation sites is 1. The number of anilines is 1. The van der Waals surface area contributed by atoms with Crippen LogP contribution in [0.25, 0.3) is 0 Å². The normalized spacial score (nSPS) is 12.0. The molecule has 0 bridgehead atoms. The Labute approximate surface area is 201 Å². The number of carbonyl (C=O) groups excluding carboxylic acids is 1. The van der Waals surface area contributed by atoms with Crippen LogP contribution in [-0.4, -0.2) is 35.1 Å². The summed E-state index contributed by atoms with van der Waals surface area (Å²) in [6.07, 6.45) is 0. The minimum atomic E-state index is -4.08. The van der Waals surface area contributed by atoms with Crippen LogP contribution in [0.2, 0.25) is 0 Å². The molecule has 1 unspecified atom stereocenters. The van der Waals surface area contributed by atoms with E-state index in [1.54, 1.807) is 30.3 Å². The molecule has 3 rings (SSSR count). The van der Waals surface area contributed by atoms with Crippen molar-refractivity contribution in [3.05, 3.63) is 83.4 Å². The van der Waals surface area contributed by atoms with Crippen LogP contribution in [0.5, 0.6) is 11.5 Å². The second kappa shape index (κ2) is 10.6. The van der Waals surface area contributed by atoms with Crippen molar-refractivity contribution < 1.29 is 22.7 Å². The maximum atomic E-state index is 13.6. The number of nitrogens with zero attached hydrogens (tertiary/aromatic N) is 1. The Hall–Kier alpha value is -3.52. The SMILES string of the molecule is COc1ccc(S(=O)(=O)N(CC(=O)NC(C)c2ccc(C)cc2C)c2ccccc2)cc1OC. The van der Waals surface area contributed by atoms with Crippen molar-refractivity contribution in [1.29, 1.82) is 0 Å². The predicted octanol–water partition coefficient (Wildman–Crippen LogP) is 4.39. The molecule has 0 spiro atoms. The van der Waals surface area contributed by atoms with Crippen LogP contribution < -0.4 is 19.1 Å². The largest absolute Gasteiger partial charge is 0.493 e. The summed E-state index contributed by atoms with van der Waals surface area (Å²) in [5.74, 6) is 0.276. The molecule has 7 nitrogen and oxygen atoms in total. The van der Waals surface area contributed by atoms with Crippen molar-refractivity contribution >= 4 is 21.6 Å². The molecular weight excluding hydrogens is 452 g/mol. The number of carbonyl (C=O) groups is 1. The van der Waals surface area contributed by atoms with Gasteiger partial charge in [0.25, 0.3) is 10.0 Å². The van der Waals surface area contributed by atoms with Crippen LogP contribution in [0.4, 0.5) is 5.69 Å². The van der Waals surface area contributed by atoms with Gasteiger partial charge in [0.1, 0.15) is 6.54 Å². The number of methoxy groups -OCH3 is 2. The van der Waals surface area contributed by atoms with Gasteiger partial charge in [-0.25, -0.2) is 8.42 Å². The predicted molar refractivity (Wildman–Crippen MR) is 133 cm³/mol. The standard InChI is InChI=1S/C26H30N2O5S/c1-18-11-13-23(19(2)15-18)20(3)27-26(29)17-28(21-9-7-6-8-10-21)34(30,31)22-12-14-24(32-4)25(16-22)33-5/h6-16,20H,17H2,1-5H3,(H,27,29). The average molecular weight is 483 g/mol. The molecule has 0 aliphatic heterocycles. The van der Waals surface area contributed by atoms with E-state index >= 15 is 0 Å². The minimum Gasteiger partial charge on any atom is -0.493 e. The molecule has 0 radical (unpaired) electrons. The number of aryl methyl sites for hydroxylation is 2. The third kappa shape index (κ3) is 5.51. The highest BCUT2D eigenvalue weighted by Crippen LogP contribution is 2.32. The molecule has 0 aliphatic rings. The zero-order valence-corrected chi connectivity index (χ0v) is 20.8. The molecule has 0 saturated heterocycles. The lowest BCUT2D eigenvalue weighted by atomic mass is 10.0. The number of rotatable bonds is 9. The maximum absolute atomic E-state index is 13.6. The summed E-state index contributed by atoms with van der Waals surface area (Å²) in [5, 5.41) is 2.93. The lowest BCUT2D eigenvalue weighted by Crippen LogP contribution is -2.41. The number of benzene rings is 3. The number of ether oxygens (including phenoxy) is 2. The van der Waals surface area contributed by atoms with Gasteiger partial charge in [-0.05, 0) is 56.2 Å². The lowest BCUT2D eigenvalue weighted by Gasteiger charge is -2.25. The smallest absolute Gasteiger partial charge is 0.264 e. The Morgan fingerprint density at radius 1 is 0.941 bits per heavy atom. The van der Waals surface area contributed by atoms with E-state index in [9.17, 15) is 13.2 Å². The molecule has 34 heavy (non-hydrogen) atoms. The van der Waals surface area contributed by atoms with Crippen LogP contribution in [0.15, 0.2) is 71.6 Å². The molecule has 3 aromatic rings. The van der Waals surface area contributed by atoms with Crippen molar-refractivity contribution in [2.75, 3.05) is 25.1 Å². The van der Waals surface area contributed by atoms with E-state index in [2.05, 4.69) is 11.4 Å². The molecule has 1 atom stereocenters. The molecule has 1 N–H and O–H groups in total. The van der Waals surface area contributed by atoms with Gasteiger partial charge >= 0.3 is 0 Å². The Balaban J connectivity index is 1.92. The first kappa shape index (κ1) is 25.1. The van der Waals surface area contributed by atoms with E-state index in [4.69, 9.17) is 9.47 Å². The van der Waals surface area contributed by atoms with Crippen LogP contribution >= 0.6 is 0 Å². The summed E-state index contributed by atoms with van der Waals surface area (Å²) in [6.45, 7) is 5.50. The van der Waals surface area contributed by atoms with E-state index < -0.39 is 15.9 Å². The topological polar surface area (TPSA) is 84.9 Å². The zero-order valence-electron chi connectivity index (χ0n) is 20.0. The molecule has 0 aliphatic carbocycles. The lowest BCUT2D eigenvalue weighted by molar-refractivity contribution is -0.120. The summed E-state index contributed by atoms with van der Waals surface area (Å²) >= 11 is 0. The second-order valence-corrected chi connectivity index (χ2v) is 9.88. The average Bonchev–Trinajstić information content (AvgIpc) is 2.82. The molecule has 0 fully saturated rings. The monoisotopic (exact) mass is 482 g/mol. The Morgan fingerprint density at radius 3 is 2.24 bits per heavy atom. The van der Waals surface area contributed by atoms with Gasteiger partial charge in [-0.2, -0.15) is 0 Å². The highest BCUT2D eigenvalue weighted by atomic mass is 32.2. The highest BCUT2D eigenvalue weighted by molar-refractivity contribution is 7.92. The molecule has 3 aromatic carbocycles. The van der Waals surface area contributed by atoms with Crippen LogP contribution in [-0.2, 0) is 14.8 Å². The molecule has 0 saturated carbocycles. The molecule has 1 amide bonds. The van der Waals surface area contributed by atoms with Gasteiger partial charge in [0, 0.05) is 6.07 Å². The Kier molecular flexibility index (Phi) is 7.83. The van der Waals surface area contributed by atoms with Crippen LogP contribution in [0.3, 0.4) is 0 Å². The van der Waals surface area contributed by atoms with Gasteiger partial charge in [0.05, 0.1) is 30.8 Å². The molecule has 0 heterocycles. The van der Waals surface area contributed by atoms with Gasteiger partial charge < -0.3 is 14.8 Å². The minimum absolute atomic E-state index is 0.00997. The van der Waals surface area contributed by atoms with Crippen LogP contribution in [0, 0.1) is 13.8 Å². The van der Waals surface area contributed by atoms with Crippen molar-refractivity contribution in [2.24, 2.45) is 0 Å². The van der Waals surface area contributed by atoms with E-state index in [-0.39, 0.29) is 23.2 Å². The number of hydrogen-bond donors (Lipinski definition) is 1. The summed E-state index contributed by atoms with van der Waals surface area (Å²) in [7, 11) is -1.17. The van der Waals surface area contributed by atoms with Crippen molar-refractivity contribution in [1.82, 2.24) is 5.32 Å². The van der Waals surface area contributed by atoms with E-state index in [1.165, 1.54) is 32.4 Å². The Morgan fingerprint density at radius 2 is 1.62 bits per heavy atom. The molecule has 8 heteroatoms. The van der Waals surface area contributed by atoms with Gasteiger partial charge in [-0.1, -0.05) is 42.0 Å². The second-order valence-electron chi connectivity index (χ2n) is 8.01. The van der Waals surface area contributed by atoms with E-state index in [0.717, 1.165) is 21.0 Å². The fourth-order valence-electron chi connectivity index (χ4n) is 3.82. The third-order valence-corrected chi connectivity index (χ3v) is 7.31. The number of nitrogens with one attached hydrogen (secondary N) is 1.